The van der Waals surface area contributed by atoms with Gasteiger partial charge in [-0.2, -0.15) is 0 Å². The highest BCUT2D eigenvalue weighted by molar-refractivity contribution is 9.10. The fourth-order valence-electron chi connectivity index (χ4n) is 2.49. The molecule has 3 rings (SSSR count). The molecular weight excluding hydrogens is 372 g/mol. The number of phenolic OH excluding ortho intramolecular Hbond substituents is 1. The van der Waals surface area contributed by atoms with Crippen molar-refractivity contribution in [1.29, 1.82) is 0 Å². The summed E-state index contributed by atoms with van der Waals surface area (Å²) in [6.45, 7) is 2.19. The number of hydrogen-bond donors (Lipinski definition) is 2. The molecule has 24 heavy (non-hydrogen) atoms. The van der Waals surface area contributed by atoms with E-state index in [1.165, 1.54) is 11.0 Å². The number of aryl methyl sites for hydroxylation is 1. The number of rotatable bonds is 3. The number of carbonyl (C=O) groups is 2. The van der Waals surface area contributed by atoms with E-state index in [4.69, 9.17) is 0 Å². The first-order valence-corrected chi connectivity index (χ1v) is 8.12. The zero-order valence-corrected chi connectivity index (χ0v) is 14.5. The average Bonchev–Trinajstić information content (AvgIpc) is 2.79. The van der Waals surface area contributed by atoms with Crippen LogP contribution in [0.3, 0.4) is 0 Å². The summed E-state index contributed by atoms with van der Waals surface area (Å²) < 4.78 is 0.519. The molecule has 1 aliphatic heterocycles. The number of nitrogens with zero attached hydrogens (tertiary/aromatic N) is 1. The molecule has 3 amide bonds. The fourth-order valence-corrected chi connectivity index (χ4v) is 2.88. The topological polar surface area (TPSA) is 69.6 Å². The van der Waals surface area contributed by atoms with Gasteiger partial charge in [-0.05, 0) is 52.2 Å². The lowest BCUT2D eigenvalue weighted by Gasteiger charge is -2.12. The Morgan fingerprint density at radius 3 is 2.71 bits per heavy atom. The Morgan fingerprint density at radius 1 is 1.21 bits per heavy atom. The minimum Gasteiger partial charge on any atom is -0.507 e. The summed E-state index contributed by atoms with van der Waals surface area (Å²) in [6.07, 6.45) is 1.58. The third kappa shape index (κ3) is 3.33. The number of hydrogen-bond acceptors (Lipinski definition) is 3. The van der Waals surface area contributed by atoms with Crippen LogP contribution in [0.25, 0.3) is 6.08 Å². The molecule has 0 aliphatic carbocycles. The molecule has 1 aliphatic rings. The molecule has 0 atom stereocenters. The van der Waals surface area contributed by atoms with E-state index in [-0.39, 0.29) is 23.9 Å². The fraction of sp³-hybridized carbons (Fsp3) is 0.111. The zero-order valence-electron chi connectivity index (χ0n) is 12.9. The summed E-state index contributed by atoms with van der Waals surface area (Å²) in [6, 6.07) is 12.1. The van der Waals surface area contributed by atoms with Crippen LogP contribution < -0.4 is 5.32 Å². The second kappa shape index (κ2) is 6.49. The summed E-state index contributed by atoms with van der Waals surface area (Å²) in [5.74, 6) is -0.259. The van der Waals surface area contributed by atoms with E-state index in [2.05, 4.69) is 21.2 Å². The average molecular weight is 387 g/mol. The molecule has 0 aromatic heterocycles. The zero-order chi connectivity index (χ0) is 17.3. The molecular formula is C18H15BrN2O3. The summed E-state index contributed by atoms with van der Waals surface area (Å²) >= 11 is 3.22. The second-order valence-corrected chi connectivity index (χ2v) is 6.43. The van der Waals surface area contributed by atoms with Crippen molar-refractivity contribution >= 4 is 33.9 Å². The van der Waals surface area contributed by atoms with Crippen LogP contribution in [0.15, 0.2) is 52.6 Å². The number of amides is 3. The Bertz CT molecular complexity index is 861. The Kier molecular flexibility index (Phi) is 4.40. The number of phenols is 1. The van der Waals surface area contributed by atoms with Crippen molar-refractivity contribution in [2.75, 3.05) is 0 Å². The maximum absolute atomic E-state index is 12.5. The lowest BCUT2D eigenvalue weighted by molar-refractivity contribution is -0.123. The second-order valence-electron chi connectivity index (χ2n) is 5.58. The standard InChI is InChI=1S/C18H15BrN2O3/c1-11-3-2-4-13(7-11)10-21-17(23)15(20-18(21)24)9-12-5-6-16(22)14(19)8-12/h2-9,22H,10H2,1H3,(H,20,24). The van der Waals surface area contributed by atoms with E-state index in [1.54, 1.807) is 18.2 Å². The van der Waals surface area contributed by atoms with Crippen molar-refractivity contribution in [2.24, 2.45) is 0 Å². The Hall–Kier alpha value is -2.60. The van der Waals surface area contributed by atoms with E-state index in [9.17, 15) is 14.7 Å². The smallest absolute Gasteiger partial charge is 0.329 e. The van der Waals surface area contributed by atoms with E-state index in [0.717, 1.165) is 11.1 Å². The number of aromatic hydroxyl groups is 1. The number of halogens is 1. The Balaban J connectivity index is 1.83. The van der Waals surface area contributed by atoms with E-state index >= 15 is 0 Å². The SMILES string of the molecule is Cc1cccc(CN2C(=O)NC(=Cc3ccc(O)c(Br)c3)C2=O)c1. The molecule has 2 aromatic rings. The molecule has 0 unspecified atom stereocenters. The van der Waals surface area contributed by atoms with E-state index in [0.29, 0.717) is 10.0 Å². The lowest BCUT2D eigenvalue weighted by Crippen LogP contribution is -2.30. The van der Waals surface area contributed by atoms with Gasteiger partial charge in [0.05, 0.1) is 11.0 Å². The molecule has 1 heterocycles. The number of urea groups is 1. The molecule has 1 fully saturated rings. The van der Waals surface area contributed by atoms with Gasteiger partial charge in [-0.25, -0.2) is 4.79 Å². The predicted octanol–water partition coefficient (Wildman–Crippen LogP) is 3.56. The number of benzene rings is 2. The van der Waals surface area contributed by atoms with Crippen molar-refractivity contribution in [3.8, 4) is 5.75 Å². The Labute approximate surface area is 147 Å². The van der Waals surface area contributed by atoms with Crippen LogP contribution in [0.2, 0.25) is 0 Å². The van der Waals surface area contributed by atoms with Crippen LogP contribution in [0.4, 0.5) is 4.79 Å². The lowest BCUT2D eigenvalue weighted by atomic mass is 10.1. The minimum absolute atomic E-state index is 0.111. The maximum Gasteiger partial charge on any atom is 0.329 e. The predicted molar refractivity (Wildman–Crippen MR) is 94.0 cm³/mol. The normalized spacial score (nSPS) is 15.9. The number of carbonyl (C=O) groups excluding carboxylic acids is 2. The molecule has 122 valence electrons. The Morgan fingerprint density at radius 2 is 2.00 bits per heavy atom. The molecule has 5 nitrogen and oxygen atoms in total. The molecule has 0 spiro atoms. The summed E-state index contributed by atoms with van der Waals surface area (Å²) in [5.41, 5.74) is 2.88. The van der Waals surface area contributed by atoms with Crippen LogP contribution in [-0.4, -0.2) is 21.9 Å². The van der Waals surface area contributed by atoms with E-state index < -0.39 is 6.03 Å². The van der Waals surface area contributed by atoms with Gasteiger partial charge in [0.2, 0.25) is 0 Å². The van der Waals surface area contributed by atoms with Crippen molar-refractivity contribution in [3.63, 3.8) is 0 Å². The van der Waals surface area contributed by atoms with Gasteiger partial charge >= 0.3 is 6.03 Å². The molecule has 6 heteroatoms. The highest BCUT2D eigenvalue weighted by Crippen LogP contribution is 2.26. The third-order valence-electron chi connectivity index (χ3n) is 3.67. The summed E-state index contributed by atoms with van der Waals surface area (Å²) in [4.78, 5) is 25.8. The van der Waals surface area contributed by atoms with Gasteiger partial charge in [0.1, 0.15) is 11.4 Å². The van der Waals surface area contributed by atoms with Gasteiger partial charge < -0.3 is 10.4 Å². The molecule has 2 N–H and O–H groups in total. The monoisotopic (exact) mass is 386 g/mol. The number of imide groups is 1. The highest BCUT2D eigenvalue weighted by Gasteiger charge is 2.33. The third-order valence-corrected chi connectivity index (χ3v) is 4.30. The van der Waals surface area contributed by atoms with Gasteiger partial charge in [0, 0.05) is 0 Å². The van der Waals surface area contributed by atoms with Gasteiger partial charge in [0.15, 0.2) is 0 Å². The summed E-state index contributed by atoms with van der Waals surface area (Å²) in [5, 5.41) is 12.1. The van der Waals surface area contributed by atoms with Crippen molar-refractivity contribution in [1.82, 2.24) is 10.2 Å². The van der Waals surface area contributed by atoms with Crippen molar-refractivity contribution < 1.29 is 14.7 Å². The first-order chi connectivity index (χ1) is 11.4. The first kappa shape index (κ1) is 16.3. The molecule has 0 radical (unpaired) electrons. The number of nitrogens with one attached hydrogen (secondary N) is 1. The molecule has 0 bridgehead atoms. The quantitative estimate of drug-likeness (QED) is 0.625. The van der Waals surface area contributed by atoms with Crippen LogP contribution in [0.5, 0.6) is 5.75 Å². The van der Waals surface area contributed by atoms with Crippen molar-refractivity contribution in [2.45, 2.75) is 13.5 Å². The molecule has 1 saturated heterocycles. The first-order valence-electron chi connectivity index (χ1n) is 7.32. The van der Waals surface area contributed by atoms with Crippen molar-refractivity contribution in [3.05, 3.63) is 69.3 Å². The van der Waals surface area contributed by atoms with Gasteiger partial charge in [-0.3, -0.25) is 9.69 Å². The van der Waals surface area contributed by atoms with Gasteiger partial charge in [-0.1, -0.05) is 35.9 Å². The minimum atomic E-state index is -0.439. The van der Waals surface area contributed by atoms with Crippen LogP contribution in [-0.2, 0) is 11.3 Å². The summed E-state index contributed by atoms with van der Waals surface area (Å²) in [7, 11) is 0. The van der Waals surface area contributed by atoms with Crippen LogP contribution >= 0.6 is 15.9 Å². The van der Waals surface area contributed by atoms with Crippen LogP contribution in [0, 0.1) is 6.92 Å². The maximum atomic E-state index is 12.5. The molecule has 0 saturated carbocycles. The molecule has 2 aromatic carbocycles. The van der Waals surface area contributed by atoms with Gasteiger partial charge in [-0.15, -0.1) is 0 Å². The highest BCUT2D eigenvalue weighted by atomic mass is 79.9. The van der Waals surface area contributed by atoms with Crippen LogP contribution in [0.1, 0.15) is 16.7 Å². The van der Waals surface area contributed by atoms with Gasteiger partial charge in [0.25, 0.3) is 5.91 Å². The largest absolute Gasteiger partial charge is 0.507 e. The van der Waals surface area contributed by atoms with E-state index in [1.807, 2.05) is 31.2 Å².